The molecule has 8 heteroatoms. The first kappa shape index (κ1) is 18.0. The summed E-state index contributed by atoms with van der Waals surface area (Å²) in [6.45, 7) is 2.20. The van der Waals surface area contributed by atoms with Crippen LogP contribution in [0.15, 0.2) is 0 Å². The molecule has 0 aromatic heterocycles. The molecule has 1 heterocycles. The third-order valence-electron chi connectivity index (χ3n) is 3.58. The minimum atomic E-state index is -4.45. The second kappa shape index (κ2) is 7.84. The molecule has 2 amide bonds. The van der Waals surface area contributed by atoms with Crippen LogP contribution in [0.25, 0.3) is 0 Å². The van der Waals surface area contributed by atoms with Gasteiger partial charge < -0.3 is 19.3 Å². The smallest absolute Gasteiger partial charge is 0.383 e. The van der Waals surface area contributed by atoms with Crippen LogP contribution in [0.5, 0.6) is 0 Å². The van der Waals surface area contributed by atoms with Crippen molar-refractivity contribution < 1.29 is 27.4 Å². The van der Waals surface area contributed by atoms with E-state index in [1.165, 1.54) is 19.1 Å². The minimum Gasteiger partial charge on any atom is -0.383 e. The maximum Gasteiger partial charge on any atom is 0.410 e. The number of nitrogens with zero attached hydrogens (tertiary/aromatic N) is 2. The van der Waals surface area contributed by atoms with Gasteiger partial charge in [0.2, 0.25) is 0 Å². The Hall–Kier alpha value is -1.02. The molecule has 0 radical (unpaired) electrons. The van der Waals surface area contributed by atoms with Crippen molar-refractivity contribution in [2.45, 2.75) is 38.0 Å². The van der Waals surface area contributed by atoms with Crippen molar-refractivity contribution >= 4 is 6.03 Å². The number of carbonyl (C=O) groups is 1. The fourth-order valence-corrected chi connectivity index (χ4v) is 2.68. The Morgan fingerprint density at radius 3 is 2.05 bits per heavy atom. The van der Waals surface area contributed by atoms with Gasteiger partial charge in [-0.1, -0.05) is 13.3 Å². The molecule has 1 rings (SSSR count). The summed E-state index contributed by atoms with van der Waals surface area (Å²) in [6.07, 6.45) is -3.57. The first-order valence-electron chi connectivity index (χ1n) is 7.00. The molecule has 0 saturated carbocycles. The second-order valence-corrected chi connectivity index (χ2v) is 5.00. The zero-order valence-corrected chi connectivity index (χ0v) is 12.7. The zero-order valence-electron chi connectivity index (χ0n) is 12.7. The van der Waals surface area contributed by atoms with Gasteiger partial charge in [0.15, 0.2) is 0 Å². The predicted octanol–water partition coefficient (Wildman–Crippen LogP) is 2.12. The fourth-order valence-electron chi connectivity index (χ4n) is 2.68. The molecule has 21 heavy (non-hydrogen) atoms. The molecule has 0 aromatic carbocycles. The van der Waals surface area contributed by atoms with E-state index in [9.17, 15) is 18.0 Å². The Kier molecular flexibility index (Phi) is 6.73. The van der Waals surface area contributed by atoms with Gasteiger partial charge >= 0.3 is 12.2 Å². The summed E-state index contributed by atoms with van der Waals surface area (Å²) >= 11 is 0. The van der Waals surface area contributed by atoms with Crippen LogP contribution in [0.1, 0.15) is 19.8 Å². The summed E-state index contributed by atoms with van der Waals surface area (Å²) in [7, 11) is 2.86. The van der Waals surface area contributed by atoms with Gasteiger partial charge in [-0.15, -0.1) is 0 Å². The standard InChI is InChI=1S/C13H23F3N2O3/c1-4-5-10-11(13(14,15)16)18(7-9-21-3)12(19)17(10)6-8-20-2/h10-11H,4-9H2,1-3H3. The van der Waals surface area contributed by atoms with Crippen LogP contribution >= 0.6 is 0 Å². The summed E-state index contributed by atoms with van der Waals surface area (Å²) in [6, 6.07) is -3.24. The molecular weight excluding hydrogens is 289 g/mol. The molecule has 1 aliphatic heterocycles. The lowest BCUT2D eigenvalue weighted by atomic mass is 10.0. The van der Waals surface area contributed by atoms with E-state index < -0.39 is 24.3 Å². The highest BCUT2D eigenvalue weighted by atomic mass is 19.4. The number of hydrogen-bond donors (Lipinski definition) is 0. The number of ether oxygens (including phenoxy) is 2. The zero-order chi connectivity index (χ0) is 16.0. The maximum absolute atomic E-state index is 13.4. The second-order valence-electron chi connectivity index (χ2n) is 5.00. The average Bonchev–Trinajstić information content (AvgIpc) is 2.67. The van der Waals surface area contributed by atoms with Crippen LogP contribution in [0.2, 0.25) is 0 Å². The molecule has 1 fully saturated rings. The highest BCUT2D eigenvalue weighted by molar-refractivity contribution is 5.78. The molecular formula is C13H23F3N2O3. The first-order chi connectivity index (χ1) is 9.88. The molecule has 0 bridgehead atoms. The first-order valence-corrected chi connectivity index (χ1v) is 7.00. The highest BCUT2D eigenvalue weighted by Gasteiger charge is 2.57. The third-order valence-corrected chi connectivity index (χ3v) is 3.58. The van der Waals surface area contributed by atoms with Crippen molar-refractivity contribution in [3.63, 3.8) is 0 Å². The monoisotopic (exact) mass is 312 g/mol. The molecule has 2 unspecified atom stereocenters. The Balaban J connectivity index is 3.02. The molecule has 2 atom stereocenters. The van der Waals surface area contributed by atoms with E-state index in [0.29, 0.717) is 12.8 Å². The van der Waals surface area contributed by atoms with Crippen LogP contribution in [0.3, 0.4) is 0 Å². The normalized spacial score (nSPS) is 23.2. The summed E-state index contributed by atoms with van der Waals surface area (Å²) in [5, 5.41) is 0. The van der Waals surface area contributed by atoms with Crippen molar-refractivity contribution in [3.05, 3.63) is 0 Å². The van der Waals surface area contributed by atoms with Gasteiger partial charge in [0, 0.05) is 27.3 Å². The van der Waals surface area contributed by atoms with E-state index in [0.717, 1.165) is 4.90 Å². The van der Waals surface area contributed by atoms with Crippen molar-refractivity contribution in [2.75, 3.05) is 40.5 Å². The molecule has 124 valence electrons. The molecule has 0 aliphatic carbocycles. The van der Waals surface area contributed by atoms with E-state index >= 15 is 0 Å². The number of methoxy groups -OCH3 is 2. The van der Waals surface area contributed by atoms with E-state index in [1.54, 1.807) is 0 Å². The molecule has 1 saturated heterocycles. The van der Waals surface area contributed by atoms with Crippen LogP contribution in [0, 0.1) is 0 Å². The number of urea groups is 1. The Labute approximate surface area is 123 Å². The molecule has 5 nitrogen and oxygen atoms in total. The van der Waals surface area contributed by atoms with Crippen molar-refractivity contribution in [3.8, 4) is 0 Å². The van der Waals surface area contributed by atoms with Crippen molar-refractivity contribution in [1.29, 1.82) is 0 Å². The van der Waals surface area contributed by atoms with E-state index in [-0.39, 0.29) is 26.3 Å². The Bertz CT molecular complexity index is 339. The van der Waals surface area contributed by atoms with Gasteiger partial charge in [0.25, 0.3) is 0 Å². The van der Waals surface area contributed by atoms with Gasteiger partial charge in [-0.05, 0) is 6.42 Å². The number of amides is 2. The van der Waals surface area contributed by atoms with Crippen LogP contribution in [-0.4, -0.2) is 74.6 Å². The van der Waals surface area contributed by atoms with Gasteiger partial charge in [-0.2, -0.15) is 13.2 Å². The van der Waals surface area contributed by atoms with Gasteiger partial charge in [-0.3, -0.25) is 0 Å². The fraction of sp³-hybridized carbons (Fsp3) is 0.923. The maximum atomic E-state index is 13.4. The van der Waals surface area contributed by atoms with Gasteiger partial charge in [0.05, 0.1) is 19.3 Å². The summed E-state index contributed by atoms with van der Waals surface area (Å²) in [5.41, 5.74) is 0. The molecule has 1 aliphatic rings. The molecule has 0 aromatic rings. The summed E-state index contributed by atoms with van der Waals surface area (Å²) in [5.74, 6) is 0. The average molecular weight is 312 g/mol. The van der Waals surface area contributed by atoms with Crippen molar-refractivity contribution in [1.82, 2.24) is 9.80 Å². The topological polar surface area (TPSA) is 42.0 Å². The lowest BCUT2D eigenvalue weighted by Gasteiger charge is -2.29. The van der Waals surface area contributed by atoms with Crippen molar-refractivity contribution in [2.24, 2.45) is 0 Å². The van der Waals surface area contributed by atoms with Gasteiger partial charge in [-0.25, -0.2) is 4.79 Å². The van der Waals surface area contributed by atoms with E-state index in [4.69, 9.17) is 9.47 Å². The number of alkyl halides is 3. The minimum absolute atomic E-state index is 0.0663. The quantitative estimate of drug-likeness (QED) is 0.689. The SMILES string of the molecule is CCCC1C(C(F)(F)F)N(CCOC)C(=O)N1CCOC. The van der Waals surface area contributed by atoms with E-state index in [2.05, 4.69) is 0 Å². The molecule has 0 N–H and O–H groups in total. The van der Waals surface area contributed by atoms with Crippen LogP contribution < -0.4 is 0 Å². The number of halogens is 3. The number of rotatable bonds is 8. The highest BCUT2D eigenvalue weighted by Crippen LogP contribution is 2.36. The Morgan fingerprint density at radius 1 is 1.10 bits per heavy atom. The lowest BCUT2D eigenvalue weighted by Crippen LogP contribution is -2.49. The Morgan fingerprint density at radius 2 is 1.62 bits per heavy atom. The van der Waals surface area contributed by atoms with Crippen LogP contribution in [0.4, 0.5) is 18.0 Å². The van der Waals surface area contributed by atoms with E-state index in [1.807, 2.05) is 6.92 Å². The van der Waals surface area contributed by atoms with Gasteiger partial charge in [0.1, 0.15) is 6.04 Å². The predicted molar refractivity (Wildman–Crippen MR) is 71.1 cm³/mol. The summed E-state index contributed by atoms with van der Waals surface area (Å²) < 4.78 is 49.9. The van der Waals surface area contributed by atoms with Crippen LogP contribution in [-0.2, 0) is 9.47 Å². The molecule has 0 spiro atoms. The lowest BCUT2D eigenvalue weighted by molar-refractivity contribution is -0.179. The number of hydrogen-bond acceptors (Lipinski definition) is 3. The third kappa shape index (κ3) is 4.23. The number of carbonyl (C=O) groups excluding carboxylic acids is 1. The summed E-state index contributed by atoms with van der Waals surface area (Å²) in [4.78, 5) is 14.5. The largest absolute Gasteiger partial charge is 0.410 e.